The molecule has 0 saturated carbocycles. The van der Waals surface area contributed by atoms with Gasteiger partial charge < -0.3 is 16.2 Å². The van der Waals surface area contributed by atoms with E-state index in [-0.39, 0.29) is 34.1 Å². The van der Waals surface area contributed by atoms with Crippen LogP contribution < -0.4 is 11.1 Å². The van der Waals surface area contributed by atoms with Crippen molar-refractivity contribution in [2.45, 2.75) is 26.8 Å². The van der Waals surface area contributed by atoms with Gasteiger partial charge in [-0.3, -0.25) is 9.20 Å². The van der Waals surface area contributed by atoms with E-state index in [2.05, 4.69) is 15.3 Å². The SMILES string of the molecule is [2H]C([2H])([2H])c1nc(-c2ccc(NC(=O)[C@@H](O)c3cccc(C)c3)cc2F)c2c(N)ncc(C)n12. The van der Waals surface area contributed by atoms with E-state index in [0.717, 1.165) is 11.6 Å². The molecule has 0 saturated heterocycles. The Morgan fingerprint density at radius 3 is 2.81 bits per heavy atom. The van der Waals surface area contributed by atoms with Crippen molar-refractivity contribution >= 4 is 22.9 Å². The molecule has 4 aromatic rings. The highest BCUT2D eigenvalue weighted by Gasteiger charge is 2.21. The molecular weight excluding hydrogens is 397 g/mol. The van der Waals surface area contributed by atoms with Crippen LogP contribution in [0.25, 0.3) is 16.8 Å². The first-order valence-electron chi connectivity index (χ1n) is 11.0. The number of aliphatic hydroxyl groups excluding tert-OH is 1. The standard InChI is InChI=1S/C23H22FN5O2/c1-12-5-4-6-15(9-12)21(30)23(31)28-16-7-8-17(18(24)10-16)19-20-22(25)26-11-13(2)29(20)14(3)27-19/h4-11,21,30H,1-3H3,(H2,25,26)(H,28,31)/t21-/m0/s1/i3D3. The van der Waals surface area contributed by atoms with Gasteiger partial charge in [-0.25, -0.2) is 14.4 Å². The lowest BCUT2D eigenvalue weighted by atomic mass is 10.1. The molecule has 2 aromatic carbocycles. The summed E-state index contributed by atoms with van der Waals surface area (Å²) in [5.74, 6) is -1.75. The normalized spacial score (nSPS) is 14.0. The van der Waals surface area contributed by atoms with Crippen molar-refractivity contribution < 1.29 is 18.4 Å². The maximum absolute atomic E-state index is 15.2. The van der Waals surface area contributed by atoms with Crippen LogP contribution in [-0.2, 0) is 4.79 Å². The zero-order chi connectivity index (χ0) is 24.8. The number of aliphatic hydroxyl groups is 1. The minimum atomic E-state index is -2.57. The average Bonchev–Trinajstić information content (AvgIpc) is 3.18. The number of anilines is 2. The fourth-order valence-electron chi connectivity index (χ4n) is 3.46. The molecule has 4 N–H and O–H groups in total. The minimum Gasteiger partial charge on any atom is -0.382 e. The Bertz CT molecular complexity index is 1420. The molecule has 31 heavy (non-hydrogen) atoms. The van der Waals surface area contributed by atoms with Crippen molar-refractivity contribution in [2.75, 3.05) is 11.1 Å². The van der Waals surface area contributed by atoms with Gasteiger partial charge in [-0.05, 0) is 44.5 Å². The summed E-state index contributed by atoms with van der Waals surface area (Å²) in [6, 6.07) is 10.7. The van der Waals surface area contributed by atoms with Crippen molar-refractivity contribution in [2.24, 2.45) is 0 Å². The Kier molecular flexibility index (Phi) is 4.27. The van der Waals surface area contributed by atoms with Crippen LogP contribution in [0, 0.1) is 26.5 Å². The number of hydrogen-bond donors (Lipinski definition) is 3. The van der Waals surface area contributed by atoms with Gasteiger partial charge in [0.1, 0.15) is 28.7 Å². The van der Waals surface area contributed by atoms with Crippen molar-refractivity contribution in [3.05, 3.63) is 77.1 Å². The van der Waals surface area contributed by atoms with Crippen molar-refractivity contribution in [1.29, 1.82) is 0 Å². The number of carbonyl (C=O) groups excluding carboxylic acids is 1. The van der Waals surface area contributed by atoms with Gasteiger partial charge in [-0.1, -0.05) is 29.8 Å². The number of carbonyl (C=O) groups is 1. The molecule has 0 aliphatic heterocycles. The summed E-state index contributed by atoms with van der Waals surface area (Å²) in [6.45, 7) is 0.911. The van der Waals surface area contributed by atoms with E-state index in [4.69, 9.17) is 9.85 Å². The predicted molar refractivity (Wildman–Crippen MR) is 117 cm³/mol. The Labute approximate surface area is 182 Å². The van der Waals surface area contributed by atoms with Crippen LogP contribution in [0.1, 0.15) is 32.9 Å². The number of fused-ring (bicyclic) bond motifs is 1. The van der Waals surface area contributed by atoms with Gasteiger partial charge in [0.15, 0.2) is 6.10 Å². The van der Waals surface area contributed by atoms with Gasteiger partial charge in [0, 0.05) is 27.3 Å². The fourth-order valence-corrected chi connectivity index (χ4v) is 3.46. The van der Waals surface area contributed by atoms with Crippen LogP contribution in [0.15, 0.2) is 48.7 Å². The molecule has 158 valence electrons. The lowest BCUT2D eigenvalue weighted by molar-refractivity contribution is -0.124. The van der Waals surface area contributed by atoms with Crippen LogP contribution in [0.4, 0.5) is 15.9 Å². The van der Waals surface area contributed by atoms with Crippen molar-refractivity contribution in [1.82, 2.24) is 14.4 Å². The molecule has 0 aliphatic rings. The van der Waals surface area contributed by atoms with Gasteiger partial charge in [0.25, 0.3) is 5.91 Å². The van der Waals surface area contributed by atoms with Gasteiger partial charge in [-0.2, -0.15) is 0 Å². The van der Waals surface area contributed by atoms with Gasteiger partial charge >= 0.3 is 0 Å². The second-order valence-electron chi connectivity index (χ2n) is 7.25. The number of hydrogen-bond acceptors (Lipinski definition) is 5. The summed E-state index contributed by atoms with van der Waals surface area (Å²) >= 11 is 0. The number of amides is 1. The number of nitrogens with one attached hydrogen (secondary N) is 1. The van der Waals surface area contributed by atoms with E-state index in [0.29, 0.717) is 11.3 Å². The van der Waals surface area contributed by atoms with E-state index in [1.807, 2.05) is 13.0 Å². The molecule has 8 heteroatoms. The molecule has 0 aliphatic carbocycles. The molecule has 0 unspecified atom stereocenters. The van der Waals surface area contributed by atoms with Crippen LogP contribution >= 0.6 is 0 Å². The van der Waals surface area contributed by atoms with Gasteiger partial charge in [0.05, 0.1) is 0 Å². The lowest BCUT2D eigenvalue weighted by Gasteiger charge is -2.13. The summed E-state index contributed by atoms with van der Waals surface area (Å²) in [5.41, 5.74) is 8.07. The third-order valence-corrected chi connectivity index (χ3v) is 4.96. The number of nitrogens with two attached hydrogens (primary N) is 1. The highest BCUT2D eigenvalue weighted by Crippen LogP contribution is 2.32. The Morgan fingerprint density at radius 1 is 1.29 bits per heavy atom. The van der Waals surface area contributed by atoms with E-state index in [9.17, 15) is 9.90 Å². The highest BCUT2D eigenvalue weighted by molar-refractivity contribution is 5.95. The molecule has 0 spiro atoms. The van der Waals surface area contributed by atoms with E-state index in [1.54, 1.807) is 25.1 Å². The first kappa shape index (κ1) is 17.0. The van der Waals surface area contributed by atoms with Crippen LogP contribution in [0.5, 0.6) is 0 Å². The molecule has 4 rings (SSSR count). The average molecular weight is 422 g/mol. The number of halogens is 1. The topological polar surface area (TPSA) is 106 Å². The summed E-state index contributed by atoms with van der Waals surface area (Å²) < 4.78 is 39.9. The molecule has 2 aromatic heterocycles. The van der Waals surface area contributed by atoms with Crippen molar-refractivity contribution in [3.8, 4) is 11.3 Å². The molecule has 1 atom stereocenters. The van der Waals surface area contributed by atoms with Crippen LogP contribution in [0.3, 0.4) is 0 Å². The fraction of sp³-hybridized carbons (Fsp3) is 0.174. The second kappa shape index (κ2) is 7.81. The third-order valence-electron chi connectivity index (χ3n) is 4.96. The number of rotatable bonds is 4. The zero-order valence-electron chi connectivity index (χ0n) is 19.8. The monoisotopic (exact) mass is 422 g/mol. The smallest absolute Gasteiger partial charge is 0.257 e. The minimum absolute atomic E-state index is 0.00153. The summed E-state index contributed by atoms with van der Waals surface area (Å²) in [6.07, 6.45) is -0.0206. The molecular formula is C23H22FN5O2. The summed E-state index contributed by atoms with van der Waals surface area (Å²) in [4.78, 5) is 20.7. The molecule has 7 nitrogen and oxygen atoms in total. The number of benzene rings is 2. The van der Waals surface area contributed by atoms with Crippen molar-refractivity contribution in [3.63, 3.8) is 0 Å². The molecule has 2 heterocycles. The lowest BCUT2D eigenvalue weighted by Crippen LogP contribution is -2.21. The quantitative estimate of drug-likeness (QED) is 0.465. The van der Waals surface area contributed by atoms with Gasteiger partial charge in [-0.15, -0.1) is 0 Å². The van der Waals surface area contributed by atoms with Crippen LogP contribution in [0.2, 0.25) is 0 Å². The summed E-state index contributed by atoms with van der Waals surface area (Å²) in [7, 11) is 0. The number of aromatic nitrogens is 3. The molecule has 0 fully saturated rings. The largest absolute Gasteiger partial charge is 0.382 e. The molecule has 1 amide bonds. The number of nitrogen functional groups attached to an aromatic ring is 1. The predicted octanol–water partition coefficient (Wildman–Crippen LogP) is 3.71. The Balaban J connectivity index is 1.71. The molecule has 0 radical (unpaired) electrons. The van der Waals surface area contributed by atoms with E-state index >= 15 is 4.39 Å². The highest BCUT2D eigenvalue weighted by atomic mass is 19.1. The first-order valence-corrected chi connectivity index (χ1v) is 9.47. The Morgan fingerprint density at radius 2 is 2.10 bits per heavy atom. The summed E-state index contributed by atoms with van der Waals surface area (Å²) in [5, 5.41) is 12.8. The van der Waals surface area contributed by atoms with E-state index in [1.165, 1.54) is 22.7 Å². The second-order valence-corrected chi connectivity index (χ2v) is 7.25. The number of imidazole rings is 1. The maximum Gasteiger partial charge on any atom is 0.257 e. The van der Waals surface area contributed by atoms with Gasteiger partial charge in [0.2, 0.25) is 0 Å². The number of nitrogens with zero attached hydrogens (tertiary/aromatic N) is 3. The van der Waals surface area contributed by atoms with E-state index < -0.39 is 24.7 Å². The maximum atomic E-state index is 15.2. The third kappa shape index (κ3) is 3.73. The zero-order valence-corrected chi connectivity index (χ0v) is 16.8. The number of aryl methyl sites for hydroxylation is 3. The Hall–Kier alpha value is -3.78. The first-order chi connectivity index (χ1) is 16.0. The molecule has 0 bridgehead atoms. The van der Waals surface area contributed by atoms with Crippen LogP contribution in [-0.4, -0.2) is 25.4 Å².